The molecule has 0 saturated heterocycles. The predicted molar refractivity (Wildman–Crippen MR) is 119 cm³/mol. The van der Waals surface area contributed by atoms with Crippen LogP contribution in [-0.4, -0.2) is 24.5 Å². The number of para-hydroxylation sites is 1. The number of aryl methyl sites for hydroxylation is 1. The molecule has 0 aliphatic heterocycles. The maximum Gasteiger partial charge on any atom is 0.265 e. The van der Waals surface area contributed by atoms with Crippen LogP contribution >= 0.6 is 0 Å². The highest BCUT2D eigenvalue weighted by Crippen LogP contribution is 2.18. The van der Waals surface area contributed by atoms with Crippen molar-refractivity contribution in [2.24, 2.45) is 0 Å². The van der Waals surface area contributed by atoms with Gasteiger partial charge in [0.1, 0.15) is 5.75 Å². The molecule has 0 bridgehead atoms. The molecule has 5 nitrogen and oxygen atoms in total. The van der Waals surface area contributed by atoms with Gasteiger partial charge in [0.15, 0.2) is 6.10 Å². The molecule has 1 unspecified atom stereocenters. The van der Waals surface area contributed by atoms with Crippen molar-refractivity contribution in [3.63, 3.8) is 0 Å². The van der Waals surface area contributed by atoms with Gasteiger partial charge >= 0.3 is 0 Å². The van der Waals surface area contributed by atoms with Crippen LogP contribution in [0, 0.1) is 6.92 Å². The largest absolute Gasteiger partial charge is 0.481 e. The summed E-state index contributed by atoms with van der Waals surface area (Å²) in [7, 11) is 0. The summed E-state index contributed by atoms with van der Waals surface area (Å²) in [6, 6.07) is 24.4. The van der Waals surface area contributed by atoms with E-state index in [2.05, 4.69) is 10.6 Å². The number of benzene rings is 3. The topological polar surface area (TPSA) is 67.4 Å². The molecule has 0 spiro atoms. The minimum atomic E-state index is -0.707. The number of amides is 2. The van der Waals surface area contributed by atoms with Gasteiger partial charge < -0.3 is 15.4 Å². The van der Waals surface area contributed by atoms with Gasteiger partial charge in [-0.05, 0) is 55.7 Å². The predicted octanol–water partition coefficient (Wildman–Crippen LogP) is 4.37. The molecule has 0 aromatic heterocycles. The Morgan fingerprint density at radius 3 is 2.43 bits per heavy atom. The molecule has 154 valence electrons. The Bertz CT molecular complexity index is 1000. The zero-order valence-electron chi connectivity index (χ0n) is 17.2. The molecule has 2 N–H and O–H groups in total. The van der Waals surface area contributed by atoms with E-state index in [1.54, 1.807) is 31.2 Å². The third-order valence-corrected chi connectivity index (χ3v) is 4.64. The lowest BCUT2D eigenvalue weighted by Gasteiger charge is -2.16. The van der Waals surface area contributed by atoms with Crippen molar-refractivity contribution in [1.29, 1.82) is 0 Å². The third kappa shape index (κ3) is 5.95. The van der Waals surface area contributed by atoms with Crippen LogP contribution in [0.2, 0.25) is 0 Å². The van der Waals surface area contributed by atoms with Gasteiger partial charge in [0.2, 0.25) is 0 Å². The fourth-order valence-corrected chi connectivity index (χ4v) is 3.03. The van der Waals surface area contributed by atoms with Gasteiger partial charge in [-0.1, -0.05) is 54.6 Å². The van der Waals surface area contributed by atoms with Gasteiger partial charge in [0.25, 0.3) is 11.8 Å². The van der Waals surface area contributed by atoms with E-state index in [1.807, 2.05) is 61.5 Å². The highest BCUT2D eigenvalue weighted by molar-refractivity contribution is 6.04. The Morgan fingerprint density at radius 1 is 0.933 bits per heavy atom. The molecule has 0 fully saturated rings. The van der Waals surface area contributed by atoms with Gasteiger partial charge in [-0.2, -0.15) is 0 Å². The molecular formula is C25H26N2O3. The Labute approximate surface area is 177 Å². The SMILES string of the molecule is Cc1cccc(OC(C)C(=O)Nc2ccccc2C(=O)NCCc2ccccc2)c1. The Balaban J connectivity index is 1.59. The number of rotatable bonds is 8. The quantitative estimate of drug-likeness (QED) is 0.588. The normalized spacial score (nSPS) is 11.4. The molecule has 0 heterocycles. The van der Waals surface area contributed by atoms with Crippen LogP contribution in [0.25, 0.3) is 0 Å². The van der Waals surface area contributed by atoms with Crippen LogP contribution in [0.4, 0.5) is 5.69 Å². The first kappa shape index (κ1) is 21.1. The number of anilines is 1. The molecule has 3 rings (SSSR count). The molecule has 5 heteroatoms. The van der Waals surface area contributed by atoms with Crippen molar-refractivity contribution in [3.8, 4) is 5.75 Å². The Kier molecular flexibility index (Phi) is 7.22. The van der Waals surface area contributed by atoms with Crippen molar-refractivity contribution in [1.82, 2.24) is 5.32 Å². The van der Waals surface area contributed by atoms with Crippen molar-refractivity contribution < 1.29 is 14.3 Å². The lowest BCUT2D eigenvalue weighted by molar-refractivity contribution is -0.122. The number of hydrogen-bond acceptors (Lipinski definition) is 3. The van der Waals surface area contributed by atoms with Gasteiger partial charge in [-0.25, -0.2) is 0 Å². The summed E-state index contributed by atoms with van der Waals surface area (Å²) < 4.78 is 5.73. The van der Waals surface area contributed by atoms with Crippen LogP contribution < -0.4 is 15.4 Å². The van der Waals surface area contributed by atoms with Gasteiger partial charge in [0.05, 0.1) is 11.3 Å². The molecule has 0 aliphatic rings. The summed E-state index contributed by atoms with van der Waals surface area (Å²) in [5, 5.41) is 5.72. The summed E-state index contributed by atoms with van der Waals surface area (Å²) in [5.41, 5.74) is 3.08. The van der Waals surface area contributed by atoms with Crippen molar-refractivity contribution >= 4 is 17.5 Å². The van der Waals surface area contributed by atoms with Crippen LogP contribution in [-0.2, 0) is 11.2 Å². The molecular weight excluding hydrogens is 376 g/mol. The Morgan fingerprint density at radius 2 is 1.67 bits per heavy atom. The molecule has 1 atom stereocenters. The minimum Gasteiger partial charge on any atom is -0.481 e. The zero-order valence-corrected chi connectivity index (χ0v) is 17.2. The van der Waals surface area contributed by atoms with Gasteiger partial charge in [-0.3, -0.25) is 9.59 Å². The second kappa shape index (κ2) is 10.3. The number of carbonyl (C=O) groups is 2. The summed E-state index contributed by atoms with van der Waals surface area (Å²) in [4.78, 5) is 25.2. The first-order chi connectivity index (χ1) is 14.5. The van der Waals surface area contributed by atoms with E-state index in [-0.39, 0.29) is 11.8 Å². The van der Waals surface area contributed by atoms with Crippen molar-refractivity contribution in [2.75, 3.05) is 11.9 Å². The number of nitrogens with one attached hydrogen (secondary N) is 2. The Hall–Kier alpha value is -3.60. The number of ether oxygens (including phenoxy) is 1. The van der Waals surface area contributed by atoms with Crippen LogP contribution in [0.15, 0.2) is 78.9 Å². The van der Waals surface area contributed by atoms with E-state index in [9.17, 15) is 9.59 Å². The number of carbonyl (C=O) groups excluding carboxylic acids is 2. The highest BCUT2D eigenvalue weighted by atomic mass is 16.5. The average molecular weight is 402 g/mol. The van der Waals surface area contributed by atoms with Gasteiger partial charge in [0, 0.05) is 6.54 Å². The van der Waals surface area contributed by atoms with E-state index in [0.29, 0.717) is 23.5 Å². The van der Waals surface area contributed by atoms with Crippen molar-refractivity contribution in [3.05, 3.63) is 95.6 Å². The standard InChI is InChI=1S/C25H26N2O3/c1-18-9-8-12-21(17-18)30-19(2)24(28)27-23-14-7-6-13-22(23)25(29)26-16-15-20-10-4-3-5-11-20/h3-14,17,19H,15-16H2,1-2H3,(H,26,29)(H,27,28). The van der Waals surface area contributed by atoms with Crippen molar-refractivity contribution in [2.45, 2.75) is 26.4 Å². The minimum absolute atomic E-state index is 0.228. The summed E-state index contributed by atoms with van der Waals surface area (Å²) in [6.45, 7) is 4.16. The van der Waals surface area contributed by atoms with E-state index < -0.39 is 6.10 Å². The lowest BCUT2D eigenvalue weighted by atomic mass is 10.1. The average Bonchev–Trinajstić information content (AvgIpc) is 2.75. The maximum atomic E-state index is 12.6. The second-order valence-corrected chi connectivity index (χ2v) is 7.10. The fourth-order valence-electron chi connectivity index (χ4n) is 3.03. The monoisotopic (exact) mass is 402 g/mol. The molecule has 30 heavy (non-hydrogen) atoms. The third-order valence-electron chi connectivity index (χ3n) is 4.64. The highest BCUT2D eigenvalue weighted by Gasteiger charge is 2.18. The molecule has 3 aromatic carbocycles. The van der Waals surface area contributed by atoms with E-state index in [0.717, 1.165) is 17.5 Å². The second-order valence-electron chi connectivity index (χ2n) is 7.10. The summed E-state index contributed by atoms with van der Waals surface area (Å²) >= 11 is 0. The molecule has 3 aromatic rings. The first-order valence-corrected chi connectivity index (χ1v) is 9.98. The van der Waals surface area contributed by atoms with Gasteiger partial charge in [-0.15, -0.1) is 0 Å². The van der Waals surface area contributed by atoms with E-state index in [1.165, 1.54) is 0 Å². The van der Waals surface area contributed by atoms with Crippen LogP contribution in [0.1, 0.15) is 28.4 Å². The zero-order chi connectivity index (χ0) is 21.3. The van der Waals surface area contributed by atoms with Crippen LogP contribution in [0.5, 0.6) is 5.75 Å². The number of hydrogen-bond donors (Lipinski definition) is 2. The van der Waals surface area contributed by atoms with E-state index in [4.69, 9.17) is 4.74 Å². The smallest absolute Gasteiger partial charge is 0.265 e. The summed E-state index contributed by atoms with van der Waals surface area (Å²) in [6.07, 6.45) is 0.0312. The molecule has 2 amide bonds. The first-order valence-electron chi connectivity index (χ1n) is 9.98. The van der Waals surface area contributed by atoms with Crippen LogP contribution in [0.3, 0.4) is 0 Å². The van der Waals surface area contributed by atoms with E-state index >= 15 is 0 Å². The fraction of sp³-hybridized carbons (Fsp3) is 0.200. The molecule has 0 aliphatic carbocycles. The molecule has 0 saturated carbocycles. The lowest BCUT2D eigenvalue weighted by Crippen LogP contribution is -2.32. The maximum absolute atomic E-state index is 12.6. The molecule has 0 radical (unpaired) electrons. The summed E-state index contributed by atoms with van der Waals surface area (Å²) in [5.74, 6) is 0.0831.